The van der Waals surface area contributed by atoms with E-state index >= 15 is 0 Å². The lowest BCUT2D eigenvalue weighted by atomic mass is 10.1. The highest BCUT2D eigenvalue weighted by atomic mass is 35.5. The van der Waals surface area contributed by atoms with Crippen LogP contribution in [0.25, 0.3) is 11.5 Å². The van der Waals surface area contributed by atoms with Gasteiger partial charge in [-0.2, -0.15) is 0 Å². The highest BCUT2D eigenvalue weighted by molar-refractivity contribution is 6.32. The number of aromatic nitrogens is 1. The van der Waals surface area contributed by atoms with Crippen LogP contribution in [-0.4, -0.2) is 17.9 Å². The molecule has 0 fully saturated rings. The molecule has 0 spiro atoms. The topological polar surface area (TPSA) is 43.4 Å². The molecule has 2 rings (SSSR count). The number of hydrogen-bond donors (Lipinski definition) is 1. The van der Waals surface area contributed by atoms with E-state index in [1.54, 1.807) is 38.1 Å². The summed E-state index contributed by atoms with van der Waals surface area (Å²) in [5.74, 6) is -1.50. The minimum Gasteiger partial charge on any atom is -0.352 e. The van der Waals surface area contributed by atoms with Gasteiger partial charge >= 0.3 is 0 Å². The maximum absolute atomic E-state index is 15.0. The molecule has 0 amide bonds. The number of methoxy groups -OCH3 is 1. The van der Waals surface area contributed by atoms with E-state index in [0.717, 1.165) is 0 Å². The van der Waals surface area contributed by atoms with Crippen molar-refractivity contribution in [2.45, 2.75) is 19.6 Å². The first kappa shape index (κ1) is 17.4. The zero-order valence-electron chi connectivity index (χ0n) is 13.1. The summed E-state index contributed by atoms with van der Waals surface area (Å²) in [7, 11) is 1.50. The zero-order chi connectivity index (χ0) is 16.9. The molecule has 0 bridgehead atoms. The molecule has 1 aromatic carbocycles. The Labute approximate surface area is 139 Å². The molecule has 4 nitrogen and oxygen atoms in total. The lowest BCUT2D eigenvalue weighted by molar-refractivity contribution is -0.220. The van der Waals surface area contributed by atoms with Gasteiger partial charge < -0.3 is 4.74 Å². The Balaban J connectivity index is 2.45. The first-order chi connectivity index (χ1) is 10.9. The molecule has 122 valence electrons. The van der Waals surface area contributed by atoms with Gasteiger partial charge in [-0.25, -0.2) is 9.23 Å². The van der Waals surface area contributed by atoms with Crippen LogP contribution >= 0.6 is 11.6 Å². The standard InChI is InChI=1S/C17H18ClFN2O2/c1-17(2,22-3)23-21-16(12-7-5-4-6-8-12)15(19)13-11-20-10-9-14(13)18/h4-11,21H,1-3H3. The Kier molecular flexibility index (Phi) is 5.71. The van der Waals surface area contributed by atoms with Crippen molar-refractivity contribution in [3.63, 3.8) is 0 Å². The van der Waals surface area contributed by atoms with Crippen LogP contribution in [0.15, 0.2) is 48.8 Å². The molecule has 0 radical (unpaired) electrons. The number of nitrogens with zero attached hydrogens (tertiary/aromatic N) is 1. The molecule has 2 aromatic rings. The monoisotopic (exact) mass is 336 g/mol. The average Bonchev–Trinajstić information content (AvgIpc) is 2.56. The summed E-state index contributed by atoms with van der Waals surface area (Å²) in [4.78, 5) is 9.36. The largest absolute Gasteiger partial charge is 0.352 e. The fraction of sp³-hybridized carbons (Fsp3) is 0.235. The van der Waals surface area contributed by atoms with Crippen molar-refractivity contribution in [2.75, 3.05) is 7.11 Å². The van der Waals surface area contributed by atoms with Crippen LogP contribution in [0.1, 0.15) is 25.0 Å². The molecule has 1 heterocycles. The van der Waals surface area contributed by atoms with Gasteiger partial charge in [-0.05, 0) is 19.9 Å². The van der Waals surface area contributed by atoms with E-state index in [0.29, 0.717) is 5.56 Å². The molecule has 0 unspecified atom stereocenters. The van der Waals surface area contributed by atoms with E-state index in [1.165, 1.54) is 25.6 Å². The van der Waals surface area contributed by atoms with Gasteiger partial charge in [0.05, 0.1) is 5.02 Å². The van der Waals surface area contributed by atoms with Crippen molar-refractivity contribution in [1.29, 1.82) is 0 Å². The fourth-order valence-electron chi connectivity index (χ4n) is 1.72. The Bertz CT molecular complexity index is 690. The van der Waals surface area contributed by atoms with Crippen LogP contribution in [0.2, 0.25) is 5.02 Å². The van der Waals surface area contributed by atoms with Crippen molar-refractivity contribution in [2.24, 2.45) is 0 Å². The van der Waals surface area contributed by atoms with Gasteiger partial charge in [0, 0.05) is 30.6 Å². The number of halogens is 2. The molecule has 0 atom stereocenters. The van der Waals surface area contributed by atoms with Gasteiger partial charge in [0.2, 0.25) is 0 Å². The first-order valence-electron chi connectivity index (χ1n) is 6.99. The molecule has 23 heavy (non-hydrogen) atoms. The van der Waals surface area contributed by atoms with E-state index in [-0.39, 0.29) is 16.3 Å². The van der Waals surface area contributed by atoms with Crippen LogP contribution in [-0.2, 0) is 9.57 Å². The Morgan fingerprint density at radius 2 is 1.91 bits per heavy atom. The lowest BCUT2D eigenvalue weighted by Crippen LogP contribution is -2.33. The van der Waals surface area contributed by atoms with Gasteiger partial charge in [0.15, 0.2) is 11.6 Å². The van der Waals surface area contributed by atoms with Crippen molar-refractivity contribution < 1.29 is 14.0 Å². The molecule has 0 aliphatic carbocycles. The van der Waals surface area contributed by atoms with E-state index in [4.69, 9.17) is 21.2 Å². The number of pyridine rings is 1. The first-order valence-corrected chi connectivity index (χ1v) is 7.36. The van der Waals surface area contributed by atoms with Crippen molar-refractivity contribution >= 4 is 23.1 Å². The molecular weight excluding hydrogens is 319 g/mol. The van der Waals surface area contributed by atoms with Crippen LogP contribution in [0.4, 0.5) is 4.39 Å². The second-order valence-electron chi connectivity index (χ2n) is 5.22. The Morgan fingerprint density at radius 1 is 1.22 bits per heavy atom. The van der Waals surface area contributed by atoms with Gasteiger partial charge in [0.25, 0.3) is 0 Å². The van der Waals surface area contributed by atoms with Crippen LogP contribution in [0.3, 0.4) is 0 Å². The van der Waals surface area contributed by atoms with Gasteiger partial charge in [-0.1, -0.05) is 41.9 Å². The Hall–Kier alpha value is -1.95. The third-order valence-corrected chi connectivity index (χ3v) is 3.51. The minimum absolute atomic E-state index is 0.144. The quantitative estimate of drug-likeness (QED) is 0.626. The van der Waals surface area contributed by atoms with Crippen molar-refractivity contribution in [1.82, 2.24) is 10.5 Å². The molecule has 1 N–H and O–H groups in total. The summed E-state index contributed by atoms with van der Waals surface area (Å²) in [5, 5.41) is 0.263. The highest BCUT2D eigenvalue weighted by Crippen LogP contribution is 2.30. The van der Waals surface area contributed by atoms with Crippen LogP contribution in [0, 0.1) is 0 Å². The molecule has 1 aromatic heterocycles. The zero-order valence-corrected chi connectivity index (χ0v) is 13.9. The van der Waals surface area contributed by atoms with Gasteiger partial charge in [0.1, 0.15) is 5.70 Å². The number of hydrogen-bond acceptors (Lipinski definition) is 4. The Morgan fingerprint density at radius 3 is 2.52 bits per heavy atom. The van der Waals surface area contributed by atoms with Gasteiger partial charge in [-0.3, -0.25) is 10.5 Å². The molecule has 0 aliphatic heterocycles. The highest BCUT2D eigenvalue weighted by Gasteiger charge is 2.21. The fourth-order valence-corrected chi connectivity index (χ4v) is 1.91. The SMILES string of the molecule is COC(C)(C)ONC(=C(F)c1cnccc1Cl)c1ccccc1. The normalized spacial score (nSPS) is 12.7. The number of nitrogens with one attached hydrogen (secondary N) is 1. The molecule has 0 saturated heterocycles. The third kappa shape index (κ3) is 4.51. The van der Waals surface area contributed by atoms with E-state index < -0.39 is 11.6 Å². The van der Waals surface area contributed by atoms with E-state index in [9.17, 15) is 4.39 Å². The number of hydroxylamine groups is 1. The third-order valence-electron chi connectivity index (χ3n) is 3.18. The average molecular weight is 337 g/mol. The smallest absolute Gasteiger partial charge is 0.187 e. The van der Waals surface area contributed by atoms with Crippen LogP contribution in [0.5, 0.6) is 0 Å². The maximum Gasteiger partial charge on any atom is 0.187 e. The second kappa shape index (κ2) is 7.55. The summed E-state index contributed by atoms with van der Waals surface area (Å²) in [6, 6.07) is 10.5. The summed E-state index contributed by atoms with van der Waals surface area (Å²) < 4.78 is 20.2. The molecule has 0 aliphatic rings. The predicted molar refractivity (Wildman–Crippen MR) is 88.9 cm³/mol. The van der Waals surface area contributed by atoms with Crippen molar-refractivity contribution in [3.8, 4) is 0 Å². The number of benzene rings is 1. The number of rotatable bonds is 6. The summed E-state index contributed by atoms with van der Waals surface area (Å²) >= 11 is 6.06. The summed E-state index contributed by atoms with van der Waals surface area (Å²) in [6.45, 7) is 3.41. The second-order valence-corrected chi connectivity index (χ2v) is 5.63. The summed E-state index contributed by atoms with van der Waals surface area (Å²) in [6.07, 6.45) is 2.86. The number of ether oxygens (including phenoxy) is 1. The predicted octanol–water partition coefficient (Wildman–Crippen LogP) is 4.43. The van der Waals surface area contributed by atoms with Crippen molar-refractivity contribution in [3.05, 3.63) is 64.9 Å². The molecule has 0 saturated carbocycles. The van der Waals surface area contributed by atoms with E-state index in [2.05, 4.69) is 10.5 Å². The van der Waals surface area contributed by atoms with E-state index in [1.807, 2.05) is 6.07 Å². The van der Waals surface area contributed by atoms with Crippen LogP contribution < -0.4 is 5.48 Å². The molecule has 6 heteroatoms. The van der Waals surface area contributed by atoms with Gasteiger partial charge in [-0.15, -0.1) is 0 Å². The minimum atomic E-state index is -0.932. The molecular formula is C17H18ClFN2O2. The maximum atomic E-state index is 15.0. The summed E-state index contributed by atoms with van der Waals surface area (Å²) in [5.41, 5.74) is 3.58. The lowest BCUT2D eigenvalue weighted by Gasteiger charge is -2.24.